The molecule has 8 nitrogen and oxygen atoms in total. The van der Waals surface area contributed by atoms with Gasteiger partial charge in [-0.2, -0.15) is 0 Å². The van der Waals surface area contributed by atoms with Gasteiger partial charge < -0.3 is 15.5 Å². The first-order chi connectivity index (χ1) is 10.6. The molecule has 0 fully saturated rings. The molecule has 0 spiro atoms. The Balaban J connectivity index is 2.70. The summed E-state index contributed by atoms with van der Waals surface area (Å²) in [6, 6.07) is 5.65. The molecule has 4 N–H and O–H groups in total. The normalized spacial score (nSPS) is 13.9. The Morgan fingerprint density at radius 3 is 2.26 bits per heavy atom. The molecule has 1 unspecified atom stereocenters. The van der Waals surface area contributed by atoms with Crippen molar-refractivity contribution in [2.24, 2.45) is 0 Å². The third-order valence-corrected chi connectivity index (χ3v) is 4.44. The van der Waals surface area contributed by atoms with Gasteiger partial charge in [0.05, 0.1) is 12.3 Å². The number of sulfonamides is 1. The van der Waals surface area contributed by atoms with E-state index in [0.29, 0.717) is 12.1 Å². The summed E-state index contributed by atoms with van der Waals surface area (Å²) < 4.78 is 25.6. The highest BCUT2D eigenvalue weighted by Crippen LogP contribution is 2.12. The molecule has 1 amide bonds. The Labute approximate surface area is 134 Å². The number of benzene rings is 1. The number of carbonyl (C=O) groups excluding carboxylic acids is 1. The Bertz CT molecular complexity index is 667. The molecular weight excluding hydrogens is 324 g/mol. The van der Waals surface area contributed by atoms with Crippen molar-refractivity contribution in [1.29, 1.82) is 0 Å². The quantitative estimate of drug-likeness (QED) is 0.540. The largest absolute Gasteiger partial charge is 0.479 e. The molecule has 0 bridgehead atoms. The number of aliphatic carboxylic acids is 1. The summed E-state index contributed by atoms with van der Waals surface area (Å²) in [5, 5.41) is 20.6. The number of carboxylic acid groups (broad SMARTS) is 1. The third-order valence-electron chi connectivity index (χ3n) is 2.95. The fraction of sp³-hybridized carbons (Fsp3) is 0.429. The van der Waals surface area contributed by atoms with Gasteiger partial charge in [0.1, 0.15) is 0 Å². The van der Waals surface area contributed by atoms with Crippen molar-refractivity contribution < 1.29 is 28.2 Å². The smallest absolute Gasteiger partial charge is 0.337 e. The van der Waals surface area contributed by atoms with Crippen LogP contribution < -0.4 is 10.0 Å². The first-order valence-corrected chi connectivity index (χ1v) is 8.57. The maximum Gasteiger partial charge on any atom is 0.337 e. The third kappa shape index (κ3) is 5.87. The minimum absolute atomic E-state index is 0.000488. The van der Waals surface area contributed by atoms with E-state index in [4.69, 9.17) is 5.11 Å². The standard InChI is InChI=1S/C14H20N2O6S/c1-3-8-23(21,22)16-11-6-4-10(5-7-11)12(17)15-9-14(2,20)13(18)19/h4-7,16,20H,3,8-9H2,1-2H3,(H,15,17)(H,18,19). The highest BCUT2D eigenvalue weighted by molar-refractivity contribution is 7.92. The summed E-state index contributed by atoms with van der Waals surface area (Å²) >= 11 is 0. The number of hydrogen-bond donors (Lipinski definition) is 4. The zero-order valence-corrected chi connectivity index (χ0v) is 13.7. The van der Waals surface area contributed by atoms with E-state index in [-0.39, 0.29) is 11.3 Å². The number of carbonyl (C=O) groups is 2. The number of amides is 1. The molecule has 1 aromatic carbocycles. The van der Waals surface area contributed by atoms with Gasteiger partial charge in [0.15, 0.2) is 5.60 Å². The lowest BCUT2D eigenvalue weighted by atomic mass is 10.1. The highest BCUT2D eigenvalue weighted by Gasteiger charge is 2.30. The summed E-state index contributed by atoms with van der Waals surface area (Å²) in [6.45, 7) is 2.37. The van der Waals surface area contributed by atoms with Crippen LogP contribution >= 0.6 is 0 Å². The maximum atomic E-state index is 11.9. The van der Waals surface area contributed by atoms with E-state index in [9.17, 15) is 23.1 Å². The molecule has 0 heterocycles. The van der Waals surface area contributed by atoms with Crippen molar-refractivity contribution in [2.45, 2.75) is 25.9 Å². The van der Waals surface area contributed by atoms with Crippen molar-refractivity contribution in [3.8, 4) is 0 Å². The minimum Gasteiger partial charge on any atom is -0.479 e. The zero-order valence-electron chi connectivity index (χ0n) is 12.9. The van der Waals surface area contributed by atoms with Crippen LogP contribution in [0.5, 0.6) is 0 Å². The van der Waals surface area contributed by atoms with Crippen LogP contribution in [0.15, 0.2) is 24.3 Å². The first-order valence-electron chi connectivity index (χ1n) is 6.92. The summed E-state index contributed by atoms with van der Waals surface area (Å²) in [5.74, 6) is -2.02. The summed E-state index contributed by atoms with van der Waals surface area (Å²) in [4.78, 5) is 22.6. The topological polar surface area (TPSA) is 133 Å². The van der Waals surface area contributed by atoms with E-state index in [2.05, 4.69) is 10.0 Å². The molecule has 0 radical (unpaired) electrons. The van der Waals surface area contributed by atoms with Crippen LogP contribution in [0.1, 0.15) is 30.6 Å². The number of aliphatic hydroxyl groups is 1. The van der Waals surface area contributed by atoms with E-state index >= 15 is 0 Å². The van der Waals surface area contributed by atoms with Gasteiger partial charge in [-0.3, -0.25) is 9.52 Å². The monoisotopic (exact) mass is 344 g/mol. The van der Waals surface area contributed by atoms with Gasteiger partial charge in [-0.25, -0.2) is 13.2 Å². The van der Waals surface area contributed by atoms with Crippen LogP contribution in [0.4, 0.5) is 5.69 Å². The van der Waals surface area contributed by atoms with Crippen molar-refractivity contribution in [3.63, 3.8) is 0 Å². The summed E-state index contributed by atoms with van der Waals surface area (Å²) in [7, 11) is -3.41. The number of anilines is 1. The van der Waals surface area contributed by atoms with Crippen molar-refractivity contribution in [2.75, 3.05) is 17.0 Å². The molecule has 1 atom stereocenters. The SMILES string of the molecule is CCCS(=O)(=O)Nc1ccc(C(=O)NCC(C)(O)C(=O)O)cc1. The van der Waals surface area contributed by atoms with Crippen LogP contribution in [0, 0.1) is 0 Å². The molecule has 0 aliphatic rings. The fourth-order valence-corrected chi connectivity index (χ4v) is 2.75. The lowest BCUT2D eigenvalue weighted by molar-refractivity contribution is -0.155. The molecule has 1 rings (SSSR count). The highest BCUT2D eigenvalue weighted by atomic mass is 32.2. The maximum absolute atomic E-state index is 11.9. The molecule has 0 aliphatic carbocycles. The molecule has 128 valence electrons. The summed E-state index contributed by atoms with van der Waals surface area (Å²) in [5.41, 5.74) is -1.53. The second-order valence-corrected chi connectivity index (χ2v) is 7.10. The van der Waals surface area contributed by atoms with Gasteiger partial charge >= 0.3 is 5.97 Å². The van der Waals surface area contributed by atoms with Gasteiger partial charge in [-0.1, -0.05) is 6.92 Å². The molecule has 0 aromatic heterocycles. The molecule has 0 aliphatic heterocycles. The van der Waals surface area contributed by atoms with Crippen molar-refractivity contribution >= 4 is 27.6 Å². The Morgan fingerprint density at radius 1 is 1.22 bits per heavy atom. The van der Waals surface area contributed by atoms with E-state index in [0.717, 1.165) is 6.92 Å². The molecule has 1 aromatic rings. The summed E-state index contributed by atoms with van der Waals surface area (Å²) in [6.07, 6.45) is 0.485. The van der Waals surface area contributed by atoms with E-state index in [1.807, 2.05) is 0 Å². The van der Waals surface area contributed by atoms with Gasteiger partial charge in [-0.15, -0.1) is 0 Å². The zero-order chi connectivity index (χ0) is 17.7. The lowest BCUT2D eigenvalue weighted by Gasteiger charge is -2.18. The minimum atomic E-state index is -3.41. The van der Waals surface area contributed by atoms with Gasteiger partial charge in [0.25, 0.3) is 5.91 Å². The number of hydrogen-bond acceptors (Lipinski definition) is 5. The van der Waals surface area contributed by atoms with E-state index in [1.165, 1.54) is 24.3 Å². The number of rotatable bonds is 8. The lowest BCUT2D eigenvalue weighted by Crippen LogP contribution is -2.46. The first kappa shape index (κ1) is 18.9. The Hall–Kier alpha value is -2.13. The molecule has 0 saturated heterocycles. The predicted octanol–water partition coefficient (Wildman–Crippen LogP) is 0.404. The van der Waals surface area contributed by atoms with Crippen LogP contribution in [0.3, 0.4) is 0 Å². The van der Waals surface area contributed by atoms with Crippen LogP contribution in [0.25, 0.3) is 0 Å². The van der Waals surface area contributed by atoms with Crippen molar-refractivity contribution in [1.82, 2.24) is 5.32 Å². The number of nitrogens with one attached hydrogen (secondary N) is 2. The van der Waals surface area contributed by atoms with Crippen LogP contribution in [-0.2, 0) is 14.8 Å². The predicted molar refractivity (Wildman–Crippen MR) is 84.7 cm³/mol. The van der Waals surface area contributed by atoms with Crippen LogP contribution in [-0.4, -0.2) is 48.4 Å². The van der Waals surface area contributed by atoms with Gasteiger partial charge in [0, 0.05) is 11.3 Å². The molecule has 9 heteroatoms. The molecule has 23 heavy (non-hydrogen) atoms. The fourth-order valence-electron chi connectivity index (χ4n) is 1.62. The van der Waals surface area contributed by atoms with Crippen molar-refractivity contribution in [3.05, 3.63) is 29.8 Å². The van der Waals surface area contributed by atoms with Gasteiger partial charge in [-0.05, 0) is 37.6 Å². The van der Waals surface area contributed by atoms with E-state index < -0.39 is 34.0 Å². The second kappa shape index (κ2) is 7.42. The molecule has 0 saturated carbocycles. The average molecular weight is 344 g/mol. The van der Waals surface area contributed by atoms with Crippen LogP contribution in [0.2, 0.25) is 0 Å². The second-order valence-electron chi connectivity index (χ2n) is 5.26. The average Bonchev–Trinajstić information content (AvgIpc) is 2.45. The number of carboxylic acids is 1. The molecular formula is C14H20N2O6S. The Morgan fingerprint density at radius 2 is 1.78 bits per heavy atom. The van der Waals surface area contributed by atoms with Gasteiger partial charge in [0.2, 0.25) is 10.0 Å². The Kier molecular flexibility index (Phi) is 6.11. The van der Waals surface area contributed by atoms with E-state index in [1.54, 1.807) is 6.92 Å².